The summed E-state index contributed by atoms with van der Waals surface area (Å²) in [5.74, 6) is 0.545. The molecular formula is C16H14N4. The molecule has 0 saturated carbocycles. The van der Waals surface area contributed by atoms with Gasteiger partial charge in [-0.3, -0.25) is 0 Å². The van der Waals surface area contributed by atoms with Crippen molar-refractivity contribution in [1.29, 1.82) is 0 Å². The van der Waals surface area contributed by atoms with Crippen LogP contribution in [0.25, 0.3) is 22.5 Å². The lowest BCUT2D eigenvalue weighted by Crippen LogP contribution is -2.07. The predicted molar refractivity (Wildman–Crippen MR) is 78.6 cm³/mol. The Morgan fingerprint density at radius 3 is 1.80 bits per heavy atom. The lowest BCUT2D eigenvalue weighted by Gasteiger charge is -2.08. The van der Waals surface area contributed by atoms with Crippen LogP contribution in [-0.2, 0) is 6.54 Å². The van der Waals surface area contributed by atoms with Crippen LogP contribution >= 0.6 is 0 Å². The van der Waals surface area contributed by atoms with Crippen LogP contribution in [0.5, 0.6) is 0 Å². The number of nitrogens with two attached hydrogens (primary N) is 1. The Balaban J connectivity index is 2.20. The molecule has 2 aromatic carbocycles. The lowest BCUT2D eigenvalue weighted by atomic mass is 10.0. The van der Waals surface area contributed by atoms with Gasteiger partial charge in [-0.05, 0) is 0 Å². The summed E-state index contributed by atoms with van der Waals surface area (Å²) in [5, 5.41) is 8.38. The molecular weight excluding hydrogens is 248 g/mol. The molecule has 3 aromatic rings. The van der Waals surface area contributed by atoms with Gasteiger partial charge >= 0.3 is 0 Å². The second-order valence-electron chi connectivity index (χ2n) is 4.36. The van der Waals surface area contributed by atoms with Crippen LogP contribution in [0.2, 0.25) is 0 Å². The predicted octanol–water partition coefficient (Wildman–Crippen LogP) is 2.66. The quantitative estimate of drug-likeness (QED) is 0.788. The minimum atomic E-state index is 0.280. The molecule has 1 heterocycles. The largest absolute Gasteiger partial charge is 0.324 e. The SMILES string of the molecule is NCc1nnc(-c2ccccc2)c(-c2ccccc2)n1. The van der Waals surface area contributed by atoms with Gasteiger partial charge in [-0.15, -0.1) is 10.2 Å². The van der Waals surface area contributed by atoms with E-state index in [0.29, 0.717) is 5.82 Å². The highest BCUT2D eigenvalue weighted by Gasteiger charge is 2.12. The Bertz CT molecular complexity index is 696. The summed E-state index contributed by atoms with van der Waals surface area (Å²) >= 11 is 0. The molecule has 4 heteroatoms. The van der Waals surface area contributed by atoms with Crippen LogP contribution in [0.3, 0.4) is 0 Å². The zero-order valence-electron chi connectivity index (χ0n) is 10.9. The monoisotopic (exact) mass is 262 g/mol. The van der Waals surface area contributed by atoms with Gasteiger partial charge in [0.1, 0.15) is 11.4 Å². The second-order valence-corrected chi connectivity index (χ2v) is 4.36. The molecule has 0 spiro atoms. The number of benzene rings is 2. The van der Waals surface area contributed by atoms with Crippen LogP contribution in [0.15, 0.2) is 60.7 Å². The normalized spacial score (nSPS) is 10.4. The van der Waals surface area contributed by atoms with Crippen LogP contribution < -0.4 is 5.73 Å². The van der Waals surface area contributed by atoms with E-state index >= 15 is 0 Å². The van der Waals surface area contributed by atoms with E-state index in [-0.39, 0.29) is 6.54 Å². The molecule has 20 heavy (non-hydrogen) atoms. The third-order valence-electron chi connectivity index (χ3n) is 3.01. The third-order valence-corrected chi connectivity index (χ3v) is 3.01. The van der Waals surface area contributed by atoms with Crippen molar-refractivity contribution in [2.24, 2.45) is 5.73 Å². The van der Waals surface area contributed by atoms with Crippen LogP contribution in [0, 0.1) is 0 Å². The van der Waals surface area contributed by atoms with E-state index in [4.69, 9.17) is 5.73 Å². The summed E-state index contributed by atoms with van der Waals surface area (Å²) in [6.07, 6.45) is 0. The summed E-state index contributed by atoms with van der Waals surface area (Å²) in [4.78, 5) is 4.54. The van der Waals surface area contributed by atoms with Crippen molar-refractivity contribution >= 4 is 0 Å². The van der Waals surface area contributed by atoms with Crippen molar-refractivity contribution in [2.45, 2.75) is 6.54 Å². The Hall–Kier alpha value is -2.59. The number of hydrogen-bond donors (Lipinski definition) is 1. The van der Waals surface area contributed by atoms with Crippen molar-refractivity contribution in [3.63, 3.8) is 0 Å². The van der Waals surface area contributed by atoms with Crippen molar-refractivity contribution < 1.29 is 0 Å². The zero-order chi connectivity index (χ0) is 13.8. The maximum absolute atomic E-state index is 5.62. The standard InChI is InChI=1S/C16H14N4/c17-11-14-18-15(12-7-3-1-4-8-12)16(20-19-14)13-9-5-2-6-10-13/h1-10H,11,17H2. The van der Waals surface area contributed by atoms with E-state index in [2.05, 4.69) is 15.2 Å². The Morgan fingerprint density at radius 2 is 1.25 bits per heavy atom. The maximum Gasteiger partial charge on any atom is 0.165 e. The first-order chi connectivity index (χ1) is 9.88. The van der Waals surface area contributed by atoms with E-state index in [9.17, 15) is 0 Å². The van der Waals surface area contributed by atoms with Gasteiger partial charge in [0.25, 0.3) is 0 Å². The second kappa shape index (κ2) is 5.59. The van der Waals surface area contributed by atoms with E-state index in [0.717, 1.165) is 22.5 Å². The van der Waals surface area contributed by atoms with Crippen LogP contribution in [0.1, 0.15) is 5.82 Å². The summed E-state index contributed by atoms with van der Waals surface area (Å²) < 4.78 is 0. The first-order valence-electron chi connectivity index (χ1n) is 6.43. The molecule has 0 aliphatic heterocycles. The molecule has 0 unspecified atom stereocenters. The molecule has 0 amide bonds. The van der Waals surface area contributed by atoms with E-state index in [1.54, 1.807) is 0 Å². The molecule has 98 valence electrons. The van der Waals surface area contributed by atoms with Gasteiger partial charge in [-0.1, -0.05) is 60.7 Å². The van der Waals surface area contributed by atoms with E-state index in [1.807, 2.05) is 60.7 Å². The molecule has 0 aliphatic rings. The van der Waals surface area contributed by atoms with Gasteiger partial charge in [0.05, 0.1) is 6.54 Å². The average Bonchev–Trinajstić information content (AvgIpc) is 2.56. The molecule has 3 rings (SSSR count). The summed E-state index contributed by atoms with van der Waals surface area (Å²) in [6, 6.07) is 19.9. The highest BCUT2D eigenvalue weighted by Crippen LogP contribution is 2.27. The fourth-order valence-corrected chi connectivity index (χ4v) is 2.03. The van der Waals surface area contributed by atoms with Crippen molar-refractivity contribution in [3.05, 3.63) is 66.5 Å². The Morgan fingerprint density at radius 1 is 0.700 bits per heavy atom. The van der Waals surface area contributed by atoms with Gasteiger partial charge in [0, 0.05) is 11.1 Å². The number of rotatable bonds is 3. The minimum absolute atomic E-state index is 0.280. The number of aromatic nitrogens is 3. The van der Waals surface area contributed by atoms with Crippen molar-refractivity contribution in [1.82, 2.24) is 15.2 Å². The van der Waals surface area contributed by atoms with Crippen molar-refractivity contribution in [3.8, 4) is 22.5 Å². The maximum atomic E-state index is 5.62. The van der Waals surface area contributed by atoms with Gasteiger partial charge in [0.2, 0.25) is 0 Å². The van der Waals surface area contributed by atoms with E-state index in [1.165, 1.54) is 0 Å². The van der Waals surface area contributed by atoms with Crippen LogP contribution in [0.4, 0.5) is 0 Å². The molecule has 0 fully saturated rings. The summed E-state index contributed by atoms with van der Waals surface area (Å²) in [5.41, 5.74) is 9.21. The van der Waals surface area contributed by atoms with Gasteiger partial charge in [-0.25, -0.2) is 4.98 Å². The zero-order valence-corrected chi connectivity index (χ0v) is 10.9. The first-order valence-corrected chi connectivity index (χ1v) is 6.43. The minimum Gasteiger partial charge on any atom is -0.324 e. The highest BCUT2D eigenvalue weighted by molar-refractivity contribution is 5.77. The summed E-state index contributed by atoms with van der Waals surface area (Å²) in [7, 11) is 0. The molecule has 0 aliphatic carbocycles. The molecule has 1 aromatic heterocycles. The van der Waals surface area contributed by atoms with E-state index < -0.39 is 0 Å². The smallest absolute Gasteiger partial charge is 0.165 e. The molecule has 0 radical (unpaired) electrons. The highest BCUT2D eigenvalue weighted by atomic mass is 15.2. The molecule has 2 N–H and O–H groups in total. The molecule has 0 saturated heterocycles. The third kappa shape index (κ3) is 2.41. The van der Waals surface area contributed by atoms with Crippen molar-refractivity contribution in [2.75, 3.05) is 0 Å². The Kier molecular flexibility index (Phi) is 3.48. The molecule has 0 bridgehead atoms. The fourth-order valence-electron chi connectivity index (χ4n) is 2.03. The molecule has 0 atom stereocenters. The first kappa shape index (κ1) is 12.4. The Labute approximate surface area is 117 Å². The average molecular weight is 262 g/mol. The van der Waals surface area contributed by atoms with Gasteiger partial charge < -0.3 is 5.73 Å². The van der Waals surface area contributed by atoms with Crippen LogP contribution in [-0.4, -0.2) is 15.2 Å². The molecule has 4 nitrogen and oxygen atoms in total. The topological polar surface area (TPSA) is 64.7 Å². The summed E-state index contributed by atoms with van der Waals surface area (Å²) in [6.45, 7) is 0.280. The van der Waals surface area contributed by atoms with Gasteiger partial charge in [-0.2, -0.15) is 0 Å². The fraction of sp³-hybridized carbons (Fsp3) is 0.0625. The number of nitrogens with zero attached hydrogens (tertiary/aromatic N) is 3. The van der Waals surface area contributed by atoms with Gasteiger partial charge in [0.15, 0.2) is 5.82 Å². The number of hydrogen-bond acceptors (Lipinski definition) is 4. The lowest BCUT2D eigenvalue weighted by molar-refractivity contribution is 0.839.